The second kappa shape index (κ2) is 5.44. The molecule has 1 N–H and O–H groups in total. The summed E-state index contributed by atoms with van der Waals surface area (Å²) in [6, 6.07) is 9.33. The van der Waals surface area contributed by atoms with Crippen molar-refractivity contribution in [1.29, 1.82) is 0 Å². The van der Waals surface area contributed by atoms with Crippen LogP contribution in [0.5, 0.6) is 0 Å². The summed E-state index contributed by atoms with van der Waals surface area (Å²) in [6.07, 6.45) is 1.06. The molecule has 5 nitrogen and oxygen atoms in total. The zero-order valence-corrected chi connectivity index (χ0v) is 11.2. The molecule has 0 bridgehead atoms. The molecule has 2 aromatic rings. The van der Waals surface area contributed by atoms with Crippen molar-refractivity contribution in [3.8, 4) is 0 Å². The molecule has 0 atom stereocenters. The minimum atomic E-state index is 0.117. The van der Waals surface area contributed by atoms with Gasteiger partial charge in [0, 0.05) is 18.7 Å². The number of benzene rings is 1. The first-order valence-corrected chi connectivity index (χ1v) is 7.21. The summed E-state index contributed by atoms with van der Waals surface area (Å²) in [7, 11) is 0. The van der Waals surface area contributed by atoms with Gasteiger partial charge in [-0.25, -0.2) is 0 Å². The van der Waals surface area contributed by atoms with Crippen molar-refractivity contribution >= 4 is 23.5 Å². The average molecular weight is 274 g/mol. The lowest BCUT2D eigenvalue weighted by Crippen LogP contribution is -2.17. The Balaban J connectivity index is 1.67. The third-order valence-electron chi connectivity index (χ3n) is 2.99. The van der Waals surface area contributed by atoms with E-state index in [1.54, 1.807) is 0 Å². The van der Waals surface area contributed by atoms with E-state index in [4.69, 9.17) is 0 Å². The van der Waals surface area contributed by atoms with E-state index >= 15 is 0 Å². The quantitative estimate of drug-likeness (QED) is 0.683. The van der Waals surface area contributed by atoms with Gasteiger partial charge in [0.15, 0.2) is 10.9 Å². The van der Waals surface area contributed by atoms with E-state index < -0.39 is 0 Å². The third kappa shape index (κ3) is 2.63. The largest absolute Gasteiger partial charge is 0.354 e. The number of anilines is 1. The van der Waals surface area contributed by atoms with Crippen LogP contribution in [0.4, 0.5) is 5.95 Å². The second-order valence-electron chi connectivity index (χ2n) is 4.32. The van der Waals surface area contributed by atoms with E-state index in [1.807, 2.05) is 34.9 Å². The fraction of sp³-hybridized carbons (Fsp3) is 0.308. The molecule has 1 aliphatic heterocycles. The zero-order chi connectivity index (χ0) is 13.1. The van der Waals surface area contributed by atoms with E-state index in [9.17, 15) is 4.79 Å². The summed E-state index contributed by atoms with van der Waals surface area (Å²) in [5.74, 6) is 1.31. The molecule has 0 amide bonds. The predicted octanol–water partition coefficient (Wildman–Crippen LogP) is 2.07. The monoisotopic (exact) mass is 274 g/mol. The third-order valence-corrected chi connectivity index (χ3v) is 3.95. The molecule has 2 heterocycles. The van der Waals surface area contributed by atoms with Crippen LogP contribution < -0.4 is 5.32 Å². The summed E-state index contributed by atoms with van der Waals surface area (Å²) < 4.78 is 2.03. The molecule has 1 aliphatic rings. The first-order chi connectivity index (χ1) is 9.34. The lowest BCUT2D eigenvalue weighted by molar-refractivity contribution is 0.102. The number of carbonyl (C=O) groups excluding carboxylic acids is 1. The number of Topliss-reactive ketones (excluding diaryl/α,β-unsaturated/α-hetero) is 1. The Hall–Kier alpha value is -1.82. The van der Waals surface area contributed by atoms with Gasteiger partial charge in [0.25, 0.3) is 0 Å². The van der Waals surface area contributed by atoms with Crippen molar-refractivity contribution in [2.45, 2.75) is 18.1 Å². The molecule has 1 aromatic carbocycles. The number of hydrogen-bond acceptors (Lipinski definition) is 5. The van der Waals surface area contributed by atoms with E-state index in [0.717, 1.165) is 36.2 Å². The van der Waals surface area contributed by atoms with Gasteiger partial charge in [0.2, 0.25) is 5.95 Å². The lowest BCUT2D eigenvalue weighted by atomic mass is 10.2. The second-order valence-corrected chi connectivity index (χ2v) is 5.26. The highest BCUT2D eigenvalue weighted by molar-refractivity contribution is 7.99. The van der Waals surface area contributed by atoms with Crippen molar-refractivity contribution in [1.82, 2.24) is 14.8 Å². The van der Waals surface area contributed by atoms with Crippen LogP contribution in [0.3, 0.4) is 0 Å². The van der Waals surface area contributed by atoms with E-state index in [1.165, 1.54) is 11.8 Å². The molecule has 0 saturated heterocycles. The van der Waals surface area contributed by atoms with Crippen molar-refractivity contribution < 1.29 is 4.79 Å². The molecule has 19 heavy (non-hydrogen) atoms. The van der Waals surface area contributed by atoms with Crippen LogP contribution in [-0.2, 0) is 6.54 Å². The maximum Gasteiger partial charge on any atom is 0.225 e. The number of rotatable bonds is 4. The highest BCUT2D eigenvalue weighted by Crippen LogP contribution is 2.22. The number of fused-ring (bicyclic) bond motifs is 1. The Kier molecular flexibility index (Phi) is 3.50. The molecule has 3 rings (SSSR count). The number of hydrogen-bond donors (Lipinski definition) is 1. The van der Waals surface area contributed by atoms with Crippen LogP contribution in [0.15, 0.2) is 35.5 Å². The maximum absolute atomic E-state index is 12.0. The van der Waals surface area contributed by atoms with Gasteiger partial charge in [-0.2, -0.15) is 0 Å². The van der Waals surface area contributed by atoms with E-state index in [-0.39, 0.29) is 5.78 Å². The van der Waals surface area contributed by atoms with E-state index in [0.29, 0.717) is 5.75 Å². The summed E-state index contributed by atoms with van der Waals surface area (Å²) in [5, 5.41) is 12.2. The Morgan fingerprint density at radius 1 is 1.32 bits per heavy atom. The van der Waals surface area contributed by atoms with Crippen molar-refractivity contribution in [2.24, 2.45) is 0 Å². The van der Waals surface area contributed by atoms with Crippen LogP contribution in [0.25, 0.3) is 0 Å². The van der Waals surface area contributed by atoms with Crippen LogP contribution in [0, 0.1) is 0 Å². The number of carbonyl (C=O) groups is 1. The van der Waals surface area contributed by atoms with Gasteiger partial charge in [0.05, 0.1) is 5.75 Å². The van der Waals surface area contributed by atoms with Crippen LogP contribution in [0.1, 0.15) is 16.8 Å². The summed E-state index contributed by atoms with van der Waals surface area (Å²) in [6.45, 7) is 1.85. The summed E-state index contributed by atoms with van der Waals surface area (Å²) >= 11 is 1.44. The zero-order valence-electron chi connectivity index (χ0n) is 10.4. The first kappa shape index (κ1) is 12.2. The lowest BCUT2D eigenvalue weighted by Gasteiger charge is -2.15. The van der Waals surface area contributed by atoms with E-state index in [2.05, 4.69) is 15.5 Å². The summed E-state index contributed by atoms with van der Waals surface area (Å²) in [5.41, 5.74) is 0.742. The molecule has 6 heteroatoms. The van der Waals surface area contributed by atoms with Gasteiger partial charge < -0.3 is 5.32 Å². The van der Waals surface area contributed by atoms with Gasteiger partial charge in [-0.15, -0.1) is 10.2 Å². The van der Waals surface area contributed by atoms with Crippen molar-refractivity contribution in [2.75, 3.05) is 17.6 Å². The number of nitrogens with zero attached hydrogens (tertiary/aromatic N) is 3. The fourth-order valence-corrected chi connectivity index (χ4v) is 2.86. The van der Waals surface area contributed by atoms with Gasteiger partial charge in [-0.3, -0.25) is 9.36 Å². The molecular weight excluding hydrogens is 260 g/mol. The Bertz CT molecular complexity index is 582. The van der Waals surface area contributed by atoms with Crippen LogP contribution >= 0.6 is 11.8 Å². The fourth-order valence-electron chi connectivity index (χ4n) is 2.00. The molecule has 1 aromatic heterocycles. The minimum absolute atomic E-state index is 0.117. The Morgan fingerprint density at radius 3 is 3.00 bits per heavy atom. The minimum Gasteiger partial charge on any atom is -0.354 e. The van der Waals surface area contributed by atoms with Gasteiger partial charge in [0.1, 0.15) is 0 Å². The van der Waals surface area contributed by atoms with Crippen LogP contribution in [-0.4, -0.2) is 32.8 Å². The maximum atomic E-state index is 12.0. The van der Waals surface area contributed by atoms with Gasteiger partial charge in [-0.05, 0) is 6.42 Å². The molecule has 98 valence electrons. The number of aromatic nitrogens is 3. The number of nitrogens with one attached hydrogen (secondary N) is 1. The highest BCUT2D eigenvalue weighted by Gasteiger charge is 2.16. The van der Waals surface area contributed by atoms with Crippen LogP contribution in [0.2, 0.25) is 0 Å². The van der Waals surface area contributed by atoms with Gasteiger partial charge in [-0.1, -0.05) is 42.1 Å². The highest BCUT2D eigenvalue weighted by atomic mass is 32.2. The Labute approximate surface area is 115 Å². The molecule has 0 spiro atoms. The topological polar surface area (TPSA) is 59.8 Å². The first-order valence-electron chi connectivity index (χ1n) is 6.23. The molecular formula is C13H14N4OS. The summed E-state index contributed by atoms with van der Waals surface area (Å²) in [4.78, 5) is 12.0. The molecule has 0 fully saturated rings. The normalized spacial score (nSPS) is 13.7. The molecule has 0 unspecified atom stereocenters. The molecule has 0 radical (unpaired) electrons. The predicted molar refractivity (Wildman–Crippen MR) is 74.6 cm³/mol. The van der Waals surface area contributed by atoms with Gasteiger partial charge >= 0.3 is 0 Å². The SMILES string of the molecule is O=C(CSc1nnc2n1CCCN2)c1ccccc1. The number of ketones is 1. The number of thioether (sulfide) groups is 1. The van der Waals surface area contributed by atoms with Crippen molar-refractivity contribution in [3.05, 3.63) is 35.9 Å². The smallest absolute Gasteiger partial charge is 0.225 e. The molecule has 0 saturated carbocycles. The average Bonchev–Trinajstić information content (AvgIpc) is 2.89. The van der Waals surface area contributed by atoms with Crippen molar-refractivity contribution in [3.63, 3.8) is 0 Å². The molecule has 0 aliphatic carbocycles. The Morgan fingerprint density at radius 2 is 2.16 bits per heavy atom. The standard InChI is InChI=1S/C13H14N4OS/c18-11(10-5-2-1-3-6-10)9-19-13-16-15-12-14-7-4-8-17(12)13/h1-3,5-6H,4,7-9H2,(H,14,15).